The summed E-state index contributed by atoms with van der Waals surface area (Å²) in [6, 6.07) is 12.9. The largest absolute Gasteiger partial charge is 0.491 e. The van der Waals surface area contributed by atoms with Gasteiger partial charge >= 0.3 is 0 Å². The molecule has 2 N–H and O–H groups in total. The monoisotopic (exact) mass is 466 g/mol. The van der Waals surface area contributed by atoms with Gasteiger partial charge in [0.15, 0.2) is 5.82 Å². The van der Waals surface area contributed by atoms with Gasteiger partial charge in [0, 0.05) is 19.2 Å². The Morgan fingerprint density at radius 1 is 1.12 bits per heavy atom. The van der Waals surface area contributed by atoms with Crippen molar-refractivity contribution in [3.63, 3.8) is 0 Å². The van der Waals surface area contributed by atoms with E-state index in [-0.39, 0.29) is 12.0 Å². The van der Waals surface area contributed by atoms with E-state index in [0.717, 1.165) is 35.4 Å². The summed E-state index contributed by atoms with van der Waals surface area (Å²) in [5.74, 6) is 2.07. The van der Waals surface area contributed by atoms with E-state index in [0.29, 0.717) is 35.1 Å². The van der Waals surface area contributed by atoms with Crippen molar-refractivity contribution in [1.82, 2.24) is 24.9 Å². The molecule has 0 aliphatic rings. The molecule has 9 heteroatoms. The summed E-state index contributed by atoms with van der Waals surface area (Å²) in [6.07, 6.45) is 1.74. The summed E-state index contributed by atoms with van der Waals surface area (Å²) < 4.78 is 7.82. The van der Waals surface area contributed by atoms with Crippen LogP contribution in [0.2, 0.25) is 5.02 Å². The number of nitrogens with one attached hydrogen (secondary N) is 2. The van der Waals surface area contributed by atoms with Gasteiger partial charge in [-0.15, -0.1) is 10.2 Å². The Morgan fingerprint density at radius 3 is 2.70 bits per heavy atom. The van der Waals surface area contributed by atoms with Gasteiger partial charge in [0.25, 0.3) is 5.91 Å². The fourth-order valence-electron chi connectivity index (χ4n) is 3.62. The van der Waals surface area contributed by atoms with Crippen LogP contribution in [0.3, 0.4) is 0 Å². The fourth-order valence-corrected chi connectivity index (χ4v) is 3.84. The highest BCUT2D eigenvalue weighted by atomic mass is 35.5. The normalized spacial score (nSPS) is 11.3. The van der Waals surface area contributed by atoms with E-state index < -0.39 is 0 Å². The van der Waals surface area contributed by atoms with Gasteiger partial charge in [-0.1, -0.05) is 23.7 Å². The minimum atomic E-state index is -0.162. The number of fused-ring (bicyclic) bond motifs is 3. The Balaban J connectivity index is 1.39. The molecule has 0 aliphatic heterocycles. The lowest BCUT2D eigenvalue weighted by atomic mass is 10.2. The molecular formula is C24H27ClN6O2. The van der Waals surface area contributed by atoms with Gasteiger partial charge in [0.2, 0.25) is 5.65 Å². The van der Waals surface area contributed by atoms with Gasteiger partial charge in [-0.05, 0) is 57.9 Å². The average molecular weight is 467 g/mol. The first-order chi connectivity index (χ1) is 15.9. The van der Waals surface area contributed by atoms with E-state index in [1.165, 1.54) is 0 Å². The maximum Gasteiger partial charge on any atom is 0.252 e. The molecule has 33 heavy (non-hydrogen) atoms. The highest BCUT2D eigenvalue weighted by Gasteiger charge is 2.14. The summed E-state index contributed by atoms with van der Waals surface area (Å²) >= 11 is 6.08. The zero-order valence-electron chi connectivity index (χ0n) is 18.9. The van der Waals surface area contributed by atoms with E-state index in [9.17, 15) is 4.79 Å². The molecule has 0 fully saturated rings. The number of benzene rings is 2. The lowest BCUT2D eigenvalue weighted by Gasteiger charge is -2.13. The Kier molecular flexibility index (Phi) is 6.93. The van der Waals surface area contributed by atoms with Crippen molar-refractivity contribution in [3.05, 3.63) is 58.9 Å². The van der Waals surface area contributed by atoms with Crippen molar-refractivity contribution in [2.24, 2.45) is 0 Å². The Hall–Kier alpha value is -3.39. The summed E-state index contributed by atoms with van der Waals surface area (Å²) in [6.45, 7) is 7.16. The van der Waals surface area contributed by atoms with Gasteiger partial charge in [-0.25, -0.2) is 4.98 Å². The van der Waals surface area contributed by atoms with Crippen molar-refractivity contribution >= 4 is 40.0 Å². The first-order valence-corrected chi connectivity index (χ1v) is 11.4. The summed E-state index contributed by atoms with van der Waals surface area (Å²) in [4.78, 5) is 17.0. The highest BCUT2D eigenvalue weighted by molar-refractivity contribution is 6.33. The second kappa shape index (κ2) is 10.0. The molecule has 4 aromatic rings. The van der Waals surface area contributed by atoms with Crippen molar-refractivity contribution in [2.45, 2.75) is 39.7 Å². The number of hydrogen-bond acceptors (Lipinski definition) is 6. The van der Waals surface area contributed by atoms with Crippen LogP contribution in [0.5, 0.6) is 5.75 Å². The van der Waals surface area contributed by atoms with E-state index in [1.54, 1.807) is 24.3 Å². The number of ether oxygens (including phenoxy) is 1. The van der Waals surface area contributed by atoms with Crippen molar-refractivity contribution in [1.29, 1.82) is 0 Å². The van der Waals surface area contributed by atoms with Crippen LogP contribution >= 0.6 is 11.6 Å². The van der Waals surface area contributed by atoms with Gasteiger partial charge in [-0.2, -0.15) is 0 Å². The topological polar surface area (TPSA) is 93.4 Å². The molecule has 0 spiro atoms. The third-order valence-corrected chi connectivity index (χ3v) is 5.46. The molecule has 2 aromatic carbocycles. The molecular weight excluding hydrogens is 440 g/mol. The average Bonchev–Trinajstić information content (AvgIpc) is 3.17. The minimum Gasteiger partial charge on any atom is -0.491 e. The van der Waals surface area contributed by atoms with Crippen LogP contribution < -0.4 is 15.4 Å². The Labute approximate surface area is 197 Å². The molecule has 0 bridgehead atoms. The number of halogens is 1. The number of amides is 1. The standard InChI is InChI=1S/C24H27ClN6O2/c1-15(2)33-17-10-11-21-20(14-17)28-22(23-30-29-16(3)31(21)23)26-12-6-7-13-27-24(32)18-8-4-5-9-19(18)25/h4-5,8-11,14-15H,6-7,12-13H2,1-3H3,(H,26,28)(H,27,32). The maximum atomic E-state index is 12.2. The lowest BCUT2D eigenvalue weighted by molar-refractivity contribution is 0.0953. The number of aromatic nitrogens is 4. The summed E-state index contributed by atoms with van der Waals surface area (Å²) in [5.41, 5.74) is 2.90. The van der Waals surface area contributed by atoms with Crippen LogP contribution in [0.4, 0.5) is 5.82 Å². The smallest absolute Gasteiger partial charge is 0.252 e. The van der Waals surface area contributed by atoms with Crippen LogP contribution in [0.1, 0.15) is 42.9 Å². The first-order valence-electron chi connectivity index (χ1n) is 11.0. The summed E-state index contributed by atoms with van der Waals surface area (Å²) in [5, 5.41) is 15.3. The molecule has 0 saturated heterocycles. The number of anilines is 1. The Bertz CT molecular complexity index is 1290. The van der Waals surface area contributed by atoms with Crippen molar-refractivity contribution < 1.29 is 9.53 Å². The predicted octanol–water partition coefficient (Wildman–Crippen LogP) is 4.65. The second-order valence-corrected chi connectivity index (χ2v) is 8.46. The van der Waals surface area contributed by atoms with Gasteiger partial charge in [0.05, 0.1) is 27.7 Å². The summed E-state index contributed by atoms with van der Waals surface area (Å²) in [7, 11) is 0. The molecule has 0 radical (unpaired) electrons. The van der Waals surface area contributed by atoms with Gasteiger partial charge in [-0.3, -0.25) is 9.20 Å². The molecule has 0 aliphatic carbocycles. The van der Waals surface area contributed by atoms with E-state index in [1.807, 2.05) is 43.4 Å². The third-order valence-electron chi connectivity index (χ3n) is 5.13. The molecule has 0 saturated carbocycles. The Morgan fingerprint density at radius 2 is 1.91 bits per heavy atom. The SMILES string of the molecule is Cc1nnc2c(NCCCCNC(=O)c3ccccc3Cl)nc3cc(OC(C)C)ccc3n12. The van der Waals surface area contributed by atoms with Crippen LogP contribution in [-0.2, 0) is 0 Å². The predicted molar refractivity (Wildman–Crippen MR) is 130 cm³/mol. The van der Waals surface area contributed by atoms with E-state index >= 15 is 0 Å². The van der Waals surface area contributed by atoms with Crippen LogP contribution in [0, 0.1) is 6.92 Å². The number of carbonyl (C=O) groups is 1. The van der Waals surface area contributed by atoms with Crippen LogP contribution in [0.15, 0.2) is 42.5 Å². The number of hydrogen-bond donors (Lipinski definition) is 2. The second-order valence-electron chi connectivity index (χ2n) is 8.05. The molecule has 4 rings (SSSR count). The van der Waals surface area contributed by atoms with Crippen molar-refractivity contribution in [3.8, 4) is 5.75 Å². The highest BCUT2D eigenvalue weighted by Crippen LogP contribution is 2.25. The molecule has 0 unspecified atom stereocenters. The van der Waals surface area contributed by atoms with E-state index in [4.69, 9.17) is 21.3 Å². The zero-order chi connectivity index (χ0) is 23.4. The zero-order valence-corrected chi connectivity index (χ0v) is 19.7. The quantitative estimate of drug-likeness (QED) is 0.349. The number of rotatable bonds is 9. The number of nitrogens with zero attached hydrogens (tertiary/aromatic N) is 4. The molecule has 172 valence electrons. The van der Waals surface area contributed by atoms with E-state index in [2.05, 4.69) is 20.8 Å². The first kappa shape index (κ1) is 22.8. The molecule has 2 heterocycles. The van der Waals surface area contributed by atoms with Gasteiger partial charge in [0.1, 0.15) is 11.6 Å². The van der Waals surface area contributed by atoms with Gasteiger partial charge < -0.3 is 15.4 Å². The number of aryl methyl sites for hydroxylation is 1. The molecule has 2 aromatic heterocycles. The van der Waals surface area contributed by atoms with Crippen LogP contribution in [-0.4, -0.2) is 44.7 Å². The fraction of sp³-hybridized carbons (Fsp3) is 0.333. The molecule has 0 atom stereocenters. The molecule has 1 amide bonds. The van der Waals surface area contributed by atoms with Crippen molar-refractivity contribution in [2.75, 3.05) is 18.4 Å². The number of carbonyl (C=O) groups excluding carboxylic acids is 1. The third kappa shape index (κ3) is 5.17. The maximum absolute atomic E-state index is 12.2. The minimum absolute atomic E-state index is 0.0823. The lowest BCUT2D eigenvalue weighted by Crippen LogP contribution is -2.25. The van der Waals surface area contributed by atoms with Crippen LogP contribution in [0.25, 0.3) is 16.7 Å². The number of unbranched alkanes of at least 4 members (excludes halogenated alkanes) is 1. The molecule has 8 nitrogen and oxygen atoms in total.